The zero-order chi connectivity index (χ0) is 19.8. The van der Waals surface area contributed by atoms with Crippen molar-refractivity contribution in [1.82, 2.24) is 19.6 Å². The van der Waals surface area contributed by atoms with Crippen LogP contribution in [0.5, 0.6) is 5.75 Å². The highest BCUT2D eigenvalue weighted by atomic mass is 32.2. The molecular weight excluding hydrogens is 366 g/mol. The molecule has 2 heterocycles. The zero-order valence-corrected chi connectivity index (χ0v) is 16.8. The molecule has 144 valence electrons. The van der Waals surface area contributed by atoms with E-state index in [2.05, 4.69) is 20.4 Å². The summed E-state index contributed by atoms with van der Waals surface area (Å²) in [6.45, 7) is 5.96. The van der Waals surface area contributed by atoms with E-state index < -0.39 is 9.84 Å². The van der Waals surface area contributed by atoms with Gasteiger partial charge in [-0.3, -0.25) is 0 Å². The van der Waals surface area contributed by atoms with Gasteiger partial charge < -0.3 is 10.1 Å². The van der Waals surface area contributed by atoms with Crippen molar-refractivity contribution in [2.75, 3.05) is 18.7 Å². The summed E-state index contributed by atoms with van der Waals surface area (Å²) < 4.78 is 31.0. The molecule has 8 nitrogen and oxygen atoms in total. The number of fused-ring (bicyclic) bond motifs is 1. The number of hydrogen-bond donors (Lipinski definition) is 1. The highest BCUT2D eigenvalue weighted by Crippen LogP contribution is 2.25. The fraction of sp³-hybridized carbons (Fsp3) is 0.389. The standard InChI is InChI=1S/C18H23N5O3S/c1-11(2)15-10-19-23-16(15)21-18(27(5,24)25)22-17(23)20-12(3)13-7-6-8-14(9-13)26-4/h6-12H,1-5H3,(H,20,21,22)/t12-/m0/s1. The van der Waals surface area contributed by atoms with Crippen molar-refractivity contribution in [3.05, 3.63) is 41.6 Å². The van der Waals surface area contributed by atoms with Gasteiger partial charge in [0, 0.05) is 11.8 Å². The first-order valence-corrected chi connectivity index (χ1v) is 10.5. The fourth-order valence-corrected chi connectivity index (χ4v) is 3.23. The Kier molecular flexibility index (Phi) is 5.05. The van der Waals surface area contributed by atoms with E-state index >= 15 is 0 Å². The lowest BCUT2D eigenvalue weighted by atomic mass is 10.1. The summed E-state index contributed by atoms with van der Waals surface area (Å²) in [5.74, 6) is 1.21. The van der Waals surface area contributed by atoms with Gasteiger partial charge in [0.25, 0.3) is 5.16 Å². The quantitative estimate of drug-likeness (QED) is 0.692. The molecule has 0 aliphatic heterocycles. The molecule has 0 fully saturated rings. The van der Waals surface area contributed by atoms with Gasteiger partial charge in [-0.05, 0) is 30.5 Å². The summed E-state index contributed by atoms with van der Waals surface area (Å²) in [7, 11) is -1.96. The van der Waals surface area contributed by atoms with Crippen LogP contribution in [-0.2, 0) is 9.84 Å². The molecule has 0 spiro atoms. The third-order valence-corrected chi connectivity index (χ3v) is 5.11. The molecule has 0 amide bonds. The Bertz CT molecular complexity index is 1080. The molecule has 1 atom stereocenters. The zero-order valence-electron chi connectivity index (χ0n) is 16.0. The number of anilines is 1. The molecule has 0 bridgehead atoms. The normalized spacial score (nSPS) is 13.1. The average molecular weight is 389 g/mol. The number of aromatic nitrogens is 4. The lowest BCUT2D eigenvalue weighted by Crippen LogP contribution is -2.16. The minimum absolute atomic E-state index is 0.147. The Morgan fingerprint density at radius 3 is 2.56 bits per heavy atom. The average Bonchev–Trinajstić information content (AvgIpc) is 3.05. The second kappa shape index (κ2) is 7.15. The van der Waals surface area contributed by atoms with Crippen molar-refractivity contribution < 1.29 is 13.2 Å². The summed E-state index contributed by atoms with van der Waals surface area (Å²) >= 11 is 0. The summed E-state index contributed by atoms with van der Waals surface area (Å²) in [4.78, 5) is 8.45. The van der Waals surface area contributed by atoms with Gasteiger partial charge in [0.05, 0.1) is 19.3 Å². The van der Waals surface area contributed by atoms with Crippen molar-refractivity contribution in [3.8, 4) is 5.75 Å². The maximum atomic E-state index is 12.1. The van der Waals surface area contributed by atoms with E-state index in [1.54, 1.807) is 17.8 Å². The van der Waals surface area contributed by atoms with E-state index in [9.17, 15) is 8.42 Å². The van der Waals surface area contributed by atoms with Gasteiger partial charge in [-0.25, -0.2) is 8.42 Å². The summed E-state index contributed by atoms with van der Waals surface area (Å²) in [6.07, 6.45) is 2.79. The van der Waals surface area contributed by atoms with Crippen molar-refractivity contribution in [3.63, 3.8) is 0 Å². The lowest BCUT2D eigenvalue weighted by molar-refractivity contribution is 0.414. The van der Waals surface area contributed by atoms with Crippen LogP contribution in [0, 0.1) is 0 Å². The minimum Gasteiger partial charge on any atom is -0.497 e. The first kappa shape index (κ1) is 19.1. The number of hydrogen-bond acceptors (Lipinski definition) is 7. The van der Waals surface area contributed by atoms with Crippen LogP contribution in [-0.4, -0.2) is 41.4 Å². The second-order valence-corrected chi connectivity index (χ2v) is 8.64. The predicted molar refractivity (Wildman–Crippen MR) is 103 cm³/mol. The molecule has 0 aliphatic rings. The Morgan fingerprint density at radius 1 is 1.19 bits per heavy atom. The van der Waals surface area contributed by atoms with E-state index in [-0.39, 0.29) is 17.1 Å². The summed E-state index contributed by atoms with van der Waals surface area (Å²) in [5, 5.41) is 7.38. The van der Waals surface area contributed by atoms with Gasteiger partial charge in [0.1, 0.15) is 5.75 Å². The molecule has 3 aromatic rings. The first-order valence-electron chi connectivity index (χ1n) is 8.57. The Morgan fingerprint density at radius 2 is 1.93 bits per heavy atom. The first-order chi connectivity index (χ1) is 12.7. The summed E-state index contributed by atoms with van der Waals surface area (Å²) in [6, 6.07) is 7.48. The van der Waals surface area contributed by atoms with Gasteiger partial charge in [-0.1, -0.05) is 26.0 Å². The monoisotopic (exact) mass is 389 g/mol. The molecular formula is C18H23N5O3S. The van der Waals surface area contributed by atoms with Gasteiger partial charge >= 0.3 is 0 Å². The SMILES string of the molecule is COc1cccc([C@H](C)Nc2nc(S(C)(=O)=O)nc3c(C(C)C)cnn23)c1. The molecule has 0 unspecified atom stereocenters. The van der Waals surface area contributed by atoms with Crippen molar-refractivity contribution in [2.45, 2.75) is 37.9 Å². The number of sulfone groups is 1. The number of nitrogens with one attached hydrogen (secondary N) is 1. The van der Waals surface area contributed by atoms with Crippen LogP contribution in [0.2, 0.25) is 0 Å². The van der Waals surface area contributed by atoms with Gasteiger partial charge in [-0.2, -0.15) is 19.6 Å². The molecule has 0 saturated heterocycles. The molecule has 27 heavy (non-hydrogen) atoms. The number of benzene rings is 1. The van der Waals surface area contributed by atoms with E-state index in [0.29, 0.717) is 11.6 Å². The van der Waals surface area contributed by atoms with Crippen molar-refractivity contribution in [1.29, 1.82) is 0 Å². The van der Waals surface area contributed by atoms with Crippen LogP contribution < -0.4 is 10.1 Å². The number of ether oxygens (including phenoxy) is 1. The van der Waals surface area contributed by atoms with Crippen molar-refractivity contribution >= 4 is 21.4 Å². The lowest BCUT2D eigenvalue weighted by Gasteiger charge is -2.17. The largest absolute Gasteiger partial charge is 0.497 e. The highest BCUT2D eigenvalue weighted by molar-refractivity contribution is 7.90. The molecule has 0 aliphatic carbocycles. The van der Waals surface area contributed by atoms with Crippen LogP contribution in [0.4, 0.5) is 5.95 Å². The predicted octanol–water partition coefficient (Wildman–Crippen LogP) is 2.83. The topological polar surface area (TPSA) is 98.5 Å². The van der Waals surface area contributed by atoms with Crippen LogP contribution in [0.25, 0.3) is 5.65 Å². The number of rotatable bonds is 6. The third kappa shape index (κ3) is 3.87. The molecule has 2 aromatic heterocycles. The van der Waals surface area contributed by atoms with Crippen LogP contribution in [0.3, 0.4) is 0 Å². The molecule has 0 saturated carbocycles. The van der Waals surface area contributed by atoms with E-state index in [0.717, 1.165) is 23.1 Å². The number of methoxy groups -OCH3 is 1. The maximum absolute atomic E-state index is 12.1. The van der Waals surface area contributed by atoms with Gasteiger partial charge in [0.2, 0.25) is 15.8 Å². The molecule has 0 radical (unpaired) electrons. The summed E-state index contributed by atoms with van der Waals surface area (Å²) in [5.41, 5.74) is 2.32. The van der Waals surface area contributed by atoms with Gasteiger partial charge in [0.15, 0.2) is 5.65 Å². The van der Waals surface area contributed by atoms with Gasteiger partial charge in [-0.15, -0.1) is 0 Å². The smallest absolute Gasteiger partial charge is 0.252 e. The molecule has 3 rings (SSSR count). The van der Waals surface area contributed by atoms with Crippen LogP contribution in [0.1, 0.15) is 43.9 Å². The van der Waals surface area contributed by atoms with Crippen LogP contribution >= 0.6 is 0 Å². The Labute approximate surface area is 158 Å². The Balaban J connectivity index is 2.09. The minimum atomic E-state index is -3.57. The van der Waals surface area contributed by atoms with E-state index in [4.69, 9.17) is 4.74 Å². The number of nitrogens with zero attached hydrogens (tertiary/aromatic N) is 4. The molecule has 1 aromatic carbocycles. The molecule has 1 N–H and O–H groups in total. The van der Waals surface area contributed by atoms with Crippen molar-refractivity contribution in [2.24, 2.45) is 0 Å². The fourth-order valence-electron chi connectivity index (χ4n) is 2.73. The van der Waals surface area contributed by atoms with E-state index in [1.807, 2.05) is 45.0 Å². The Hall–Kier alpha value is -2.68. The van der Waals surface area contributed by atoms with Crippen LogP contribution in [0.15, 0.2) is 35.6 Å². The maximum Gasteiger partial charge on any atom is 0.252 e. The van der Waals surface area contributed by atoms with E-state index in [1.165, 1.54) is 0 Å². The highest BCUT2D eigenvalue weighted by Gasteiger charge is 2.21. The third-order valence-electron chi connectivity index (χ3n) is 4.27. The molecule has 9 heteroatoms. The second-order valence-electron chi connectivity index (χ2n) is 6.73.